The van der Waals surface area contributed by atoms with Crippen molar-refractivity contribution in [2.75, 3.05) is 32.8 Å². The van der Waals surface area contributed by atoms with E-state index in [0.29, 0.717) is 6.04 Å². The number of nitrogens with one attached hydrogen (secondary N) is 1. The summed E-state index contributed by atoms with van der Waals surface area (Å²) in [6, 6.07) is 0.602. The summed E-state index contributed by atoms with van der Waals surface area (Å²) in [6.07, 6.45) is 0. The maximum atomic E-state index is 5.40. The van der Waals surface area contributed by atoms with Crippen LogP contribution in [0, 0.1) is 0 Å². The fraction of sp³-hybridized carbons (Fsp3) is 1.00. The zero-order chi connectivity index (χ0) is 10.6. The van der Waals surface area contributed by atoms with Crippen LogP contribution in [0.3, 0.4) is 0 Å². The van der Waals surface area contributed by atoms with Crippen molar-refractivity contribution in [1.29, 1.82) is 0 Å². The highest BCUT2D eigenvalue weighted by Crippen LogP contribution is 2.17. The Morgan fingerprint density at radius 2 is 2.21 bits per heavy atom. The summed E-state index contributed by atoms with van der Waals surface area (Å²) in [5.41, 5.74) is 0.267. The Balaban J connectivity index is 2.38. The van der Waals surface area contributed by atoms with Crippen molar-refractivity contribution in [3.05, 3.63) is 0 Å². The molecular weight excluding hydrogens is 176 g/mol. The molecule has 3 nitrogen and oxygen atoms in total. The van der Waals surface area contributed by atoms with Gasteiger partial charge in [-0.05, 0) is 27.7 Å². The first-order chi connectivity index (χ1) is 6.56. The van der Waals surface area contributed by atoms with E-state index in [1.807, 2.05) is 6.92 Å². The molecule has 1 fully saturated rings. The van der Waals surface area contributed by atoms with Gasteiger partial charge < -0.3 is 10.1 Å². The third kappa shape index (κ3) is 3.23. The fourth-order valence-electron chi connectivity index (χ4n) is 1.89. The number of nitrogens with zero attached hydrogens (tertiary/aromatic N) is 1. The highest BCUT2D eigenvalue weighted by Gasteiger charge is 2.31. The van der Waals surface area contributed by atoms with Gasteiger partial charge in [-0.2, -0.15) is 0 Å². The van der Waals surface area contributed by atoms with E-state index >= 15 is 0 Å². The number of rotatable bonds is 4. The predicted octanol–water partition coefficient (Wildman–Crippen LogP) is 1.10. The van der Waals surface area contributed by atoms with Crippen molar-refractivity contribution < 1.29 is 4.74 Å². The van der Waals surface area contributed by atoms with E-state index in [1.165, 1.54) is 0 Å². The molecule has 3 heteroatoms. The average molecular weight is 200 g/mol. The lowest BCUT2D eigenvalue weighted by Crippen LogP contribution is -2.61. The highest BCUT2D eigenvalue weighted by molar-refractivity contribution is 4.91. The highest BCUT2D eigenvalue weighted by atomic mass is 16.5. The standard InChI is InChI=1S/C11H24N2O/c1-5-14-7-6-13-8-10(2)12-9-11(13,3)4/h10,12H,5-9H2,1-4H3. The van der Waals surface area contributed by atoms with Crippen LogP contribution in [-0.2, 0) is 4.74 Å². The van der Waals surface area contributed by atoms with Crippen LogP contribution >= 0.6 is 0 Å². The molecule has 1 saturated heterocycles. The van der Waals surface area contributed by atoms with Gasteiger partial charge in [-0.1, -0.05) is 0 Å². The second kappa shape index (κ2) is 5.10. The minimum absolute atomic E-state index is 0.267. The van der Waals surface area contributed by atoms with Crippen LogP contribution < -0.4 is 5.32 Å². The molecule has 0 spiro atoms. The molecule has 0 aromatic rings. The van der Waals surface area contributed by atoms with Gasteiger partial charge >= 0.3 is 0 Å². The van der Waals surface area contributed by atoms with Gasteiger partial charge in [-0.15, -0.1) is 0 Å². The Hall–Kier alpha value is -0.120. The predicted molar refractivity (Wildman–Crippen MR) is 59.6 cm³/mol. The van der Waals surface area contributed by atoms with Crippen molar-refractivity contribution in [3.63, 3.8) is 0 Å². The largest absolute Gasteiger partial charge is 0.380 e. The molecule has 1 rings (SSSR count). The van der Waals surface area contributed by atoms with E-state index in [4.69, 9.17) is 4.74 Å². The van der Waals surface area contributed by atoms with Crippen molar-refractivity contribution in [3.8, 4) is 0 Å². The van der Waals surface area contributed by atoms with Gasteiger partial charge in [0, 0.05) is 37.8 Å². The number of hydrogen-bond donors (Lipinski definition) is 1. The van der Waals surface area contributed by atoms with Crippen LogP contribution in [0.15, 0.2) is 0 Å². The summed E-state index contributed by atoms with van der Waals surface area (Å²) in [5, 5.41) is 3.51. The second-order valence-corrected chi connectivity index (χ2v) is 4.74. The average Bonchev–Trinajstić information content (AvgIpc) is 2.12. The first-order valence-corrected chi connectivity index (χ1v) is 5.62. The zero-order valence-electron chi connectivity index (χ0n) is 9.97. The molecule has 0 saturated carbocycles. The van der Waals surface area contributed by atoms with Crippen LogP contribution in [0.4, 0.5) is 0 Å². The Kier molecular flexibility index (Phi) is 4.35. The van der Waals surface area contributed by atoms with E-state index in [1.54, 1.807) is 0 Å². The molecule has 1 heterocycles. The summed E-state index contributed by atoms with van der Waals surface area (Å²) in [6.45, 7) is 13.8. The quantitative estimate of drug-likeness (QED) is 0.688. The molecule has 1 atom stereocenters. The van der Waals surface area contributed by atoms with Crippen molar-refractivity contribution in [2.24, 2.45) is 0 Å². The summed E-state index contributed by atoms with van der Waals surface area (Å²) >= 11 is 0. The minimum atomic E-state index is 0.267. The molecule has 0 radical (unpaired) electrons. The number of hydrogen-bond acceptors (Lipinski definition) is 3. The molecule has 1 unspecified atom stereocenters. The molecule has 0 amide bonds. The third-order valence-electron chi connectivity index (χ3n) is 2.94. The van der Waals surface area contributed by atoms with Crippen LogP contribution in [0.5, 0.6) is 0 Å². The fourth-order valence-corrected chi connectivity index (χ4v) is 1.89. The lowest BCUT2D eigenvalue weighted by molar-refractivity contribution is 0.0340. The second-order valence-electron chi connectivity index (χ2n) is 4.74. The Labute approximate surface area is 87.8 Å². The van der Waals surface area contributed by atoms with Gasteiger partial charge in [0.2, 0.25) is 0 Å². The summed E-state index contributed by atoms with van der Waals surface area (Å²) in [7, 11) is 0. The molecule has 1 aliphatic rings. The monoisotopic (exact) mass is 200 g/mol. The molecule has 1 aliphatic heterocycles. The smallest absolute Gasteiger partial charge is 0.0593 e. The first-order valence-electron chi connectivity index (χ1n) is 5.62. The molecule has 0 aromatic carbocycles. The summed E-state index contributed by atoms with van der Waals surface area (Å²) in [5.74, 6) is 0. The normalized spacial score (nSPS) is 27.9. The van der Waals surface area contributed by atoms with Gasteiger partial charge in [-0.25, -0.2) is 0 Å². The van der Waals surface area contributed by atoms with E-state index in [0.717, 1.165) is 32.8 Å². The first kappa shape index (κ1) is 12.0. The molecule has 0 bridgehead atoms. The van der Waals surface area contributed by atoms with E-state index in [-0.39, 0.29) is 5.54 Å². The summed E-state index contributed by atoms with van der Waals surface area (Å²) in [4.78, 5) is 2.52. The Bertz CT molecular complexity index is 171. The molecule has 0 aromatic heterocycles. The van der Waals surface area contributed by atoms with Gasteiger partial charge in [-0.3, -0.25) is 4.90 Å². The third-order valence-corrected chi connectivity index (χ3v) is 2.94. The van der Waals surface area contributed by atoms with Crippen LogP contribution in [0.2, 0.25) is 0 Å². The molecule has 14 heavy (non-hydrogen) atoms. The van der Waals surface area contributed by atoms with Gasteiger partial charge in [0.15, 0.2) is 0 Å². The van der Waals surface area contributed by atoms with E-state index < -0.39 is 0 Å². The number of ether oxygens (including phenoxy) is 1. The molecule has 1 N–H and O–H groups in total. The molecular formula is C11H24N2O. The number of piperazine rings is 1. The Morgan fingerprint density at radius 3 is 2.86 bits per heavy atom. The van der Waals surface area contributed by atoms with E-state index in [9.17, 15) is 0 Å². The lowest BCUT2D eigenvalue weighted by atomic mass is 9.98. The lowest BCUT2D eigenvalue weighted by Gasteiger charge is -2.45. The Morgan fingerprint density at radius 1 is 1.50 bits per heavy atom. The molecule has 0 aliphatic carbocycles. The minimum Gasteiger partial charge on any atom is -0.380 e. The topological polar surface area (TPSA) is 24.5 Å². The van der Waals surface area contributed by atoms with Crippen molar-refractivity contribution in [2.45, 2.75) is 39.3 Å². The van der Waals surface area contributed by atoms with Crippen molar-refractivity contribution >= 4 is 0 Å². The van der Waals surface area contributed by atoms with Crippen LogP contribution in [0.25, 0.3) is 0 Å². The van der Waals surface area contributed by atoms with E-state index in [2.05, 4.69) is 31.0 Å². The maximum absolute atomic E-state index is 5.40. The summed E-state index contributed by atoms with van der Waals surface area (Å²) < 4.78 is 5.40. The van der Waals surface area contributed by atoms with Gasteiger partial charge in [0.25, 0.3) is 0 Å². The van der Waals surface area contributed by atoms with Crippen molar-refractivity contribution in [1.82, 2.24) is 10.2 Å². The van der Waals surface area contributed by atoms with Gasteiger partial charge in [0.1, 0.15) is 0 Å². The molecule has 84 valence electrons. The van der Waals surface area contributed by atoms with Crippen LogP contribution in [0.1, 0.15) is 27.7 Å². The SMILES string of the molecule is CCOCCN1CC(C)NCC1(C)C. The van der Waals surface area contributed by atoms with Crippen LogP contribution in [-0.4, -0.2) is 49.3 Å². The van der Waals surface area contributed by atoms with Gasteiger partial charge in [0.05, 0.1) is 6.61 Å². The maximum Gasteiger partial charge on any atom is 0.0593 e. The zero-order valence-corrected chi connectivity index (χ0v) is 9.97.